The van der Waals surface area contributed by atoms with Crippen molar-refractivity contribution in [1.29, 1.82) is 0 Å². The fourth-order valence-electron chi connectivity index (χ4n) is 3.11. The molecule has 0 radical (unpaired) electrons. The average Bonchev–Trinajstić information content (AvgIpc) is 2.98. The van der Waals surface area contributed by atoms with Crippen LogP contribution >= 0.6 is 0 Å². The Morgan fingerprint density at radius 3 is 2.48 bits per heavy atom. The molecule has 4 rings (SSSR count). The van der Waals surface area contributed by atoms with Crippen LogP contribution in [0.15, 0.2) is 60.8 Å². The van der Waals surface area contributed by atoms with E-state index in [0.717, 1.165) is 33.7 Å². The Labute approximate surface area is 145 Å². The minimum atomic E-state index is -0.822. The molecule has 0 aliphatic carbocycles. The summed E-state index contributed by atoms with van der Waals surface area (Å²) in [5.41, 5.74) is 4.73. The molecule has 1 atom stereocenters. The predicted molar refractivity (Wildman–Crippen MR) is 96.6 cm³/mol. The average molecular weight is 330 g/mol. The predicted octanol–water partition coefficient (Wildman–Crippen LogP) is 3.51. The first kappa shape index (κ1) is 15.5. The molecule has 0 bridgehead atoms. The van der Waals surface area contributed by atoms with Gasteiger partial charge in [0.25, 0.3) is 0 Å². The van der Waals surface area contributed by atoms with Gasteiger partial charge in [-0.3, -0.25) is 4.98 Å². The number of pyridine rings is 2. The summed E-state index contributed by atoms with van der Waals surface area (Å²) in [4.78, 5) is 8.97. The van der Waals surface area contributed by atoms with Gasteiger partial charge in [0.05, 0.1) is 17.1 Å². The fraction of sp³-hybridized carbons (Fsp3) is 0.150. The quantitative estimate of drug-likeness (QED) is 0.624. The number of fused-ring (bicyclic) bond motifs is 1. The van der Waals surface area contributed by atoms with Crippen LogP contribution < -0.4 is 0 Å². The highest BCUT2D eigenvalue weighted by molar-refractivity contribution is 5.84. The Balaban J connectivity index is 1.96. The van der Waals surface area contributed by atoms with E-state index in [1.807, 2.05) is 73.1 Å². The van der Waals surface area contributed by atoms with E-state index in [1.165, 1.54) is 0 Å². The van der Waals surface area contributed by atoms with Gasteiger partial charge in [-0.1, -0.05) is 24.3 Å². The van der Waals surface area contributed by atoms with Gasteiger partial charge < -0.3 is 5.11 Å². The van der Waals surface area contributed by atoms with Crippen molar-refractivity contribution < 1.29 is 5.11 Å². The molecule has 0 aliphatic heterocycles. The lowest BCUT2D eigenvalue weighted by Crippen LogP contribution is -2.05. The number of aliphatic hydroxyl groups excluding tert-OH is 1. The molecule has 3 aromatic heterocycles. The van der Waals surface area contributed by atoms with Crippen LogP contribution in [0.4, 0.5) is 0 Å². The molecule has 0 saturated carbocycles. The number of nitrogens with zero attached hydrogens (tertiary/aromatic N) is 4. The standard InChI is InChI=1S/C20H18N4O/c1-13-12-16(19(25)17-10-6-7-11-21-17)18-14(2)23-24(20(18)22-13)15-8-4-3-5-9-15/h3-12,19,25H,1-2H3. The van der Waals surface area contributed by atoms with E-state index < -0.39 is 6.10 Å². The van der Waals surface area contributed by atoms with Gasteiger partial charge in [-0.2, -0.15) is 5.10 Å². The summed E-state index contributed by atoms with van der Waals surface area (Å²) in [5.74, 6) is 0. The molecular formula is C20H18N4O. The van der Waals surface area contributed by atoms with E-state index in [1.54, 1.807) is 6.20 Å². The molecule has 0 aliphatic rings. The molecule has 5 nitrogen and oxygen atoms in total. The van der Waals surface area contributed by atoms with Crippen LogP contribution in [-0.2, 0) is 0 Å². The molecule has 5 heteroatoms. The smallest absolute Gasteiger partial charge is 0.163 e. The maximum Gasteiger partial charge on any atom is 0.163 e. The number of aliphatic hydroxyl groups is 1. The van der Waals surface area contributed by atoms with Crippen molar-refractivity contribution in [2.75, 3.05) is 0 Å². The Kier molecular flexibility index (Phi) is 3.78. The number of rotatable bonds is 3. The lowest BCUT2D eigenvalue weighted by Gasteiger charge is -2.13. The zero-order valence-corrected chi connectivity index (χ0v) is 14.1. The van der Waals surface area contributed by atoms with Gasteiger partial charge in [0.2, 0.25) is 0 Å². The van der Waals surface area contributed by atoms with Crippen LogP contribution in [0, 0.1) is 13.8 Å². The lowest BCUT2D eigenvalue weighted by molar-refractivity contribution is 0.216. The summed E-state index contributed by atoms with van der Waals surface area (Å²) in [7, 11) is 0. The largest absolute Gasteiger partial charge is 0.382 e. The van der Waals surface area contributed by atoms with Crippen molar-refractivity contribution in [2.24, 2.45) is 0 Å². The maximum absolute atomic E-state index is 10.9. The minimum Gasteiger partial charge on any atom is -0.382 e. The van der Waals surface area contributed by atoms with E-state index in [4.69, 9.17) is 0 Å². The first-order chi connectivity index (χ1) is 12.1. The van der Waals surface area contributed by atoms with Crippen LogP contribution in [0.3, 0.4) is 0 Å². The van der Waals surface area contributed by atoms with E-state index >= 15 is 0 Å². The van der Waals surface area contributed by atoms with Crippen LogP contribution in [0.2, 0.25) is 0 Å². The van der Waals surface area contributed by atoms with Crippen molar-refractivity contribution in [3.63, 3.8) is 0 Å². The molecule has 25 heavy (non-hydrogen) atoms. The van der Waals surface area contributed by atoms with E-state index in [2.05, 4.69) is 15.1 Å². The van der Waals surface area contributed by atoms with Crippen LogP contribution in [0.5, 0.6) is 0 Å². The molecule has 1 N–H and O–H groups in total. The highest BCUT2D eigenvalue weighted by atomic mass is 16.3. The van der Waals surface area contributed by atoms with Crippen molar-refractivity contribution in [3.05, 3.63) is 83.4 Å². The van der Waals surface area contributed by atoms with E-state index in [0.29, 0.717) is 5.69 Å². The molecule has 0 fully saturated rings. The number of aromatic nitrogens is 4. The van der Waals surface area contributed by atoms with Gasteiger partial charge in [0, 0.05) is 22.8 Å². The van der Waals surface area contributed by atoms with Crippen molar-refractivity contribution in [3.8, 4) is 5.69 Å². The number of benzene rings is 1. The number of hydrogen-bond donors (Lipinski definition) is 1. The molecule has 1 aromatic carbocycles. The summed E-state index contributed by atoms with van der Waals surface area (Å²) in [6.45, 7) is 3.86. The molecule has 3 heterocycles. The third-order valence-corrected chi connectivity index (χ3v) is 4.23. The van der Waals surface area contributed by atoms with E-state index in [-0.39, 0.29) is 0 Å². The molecule has 0 spiro atoms. The molecule has 124 valence electrons. The first-order valence-corrected chi connectivity index (χ1v) is 8.16. The molecular weight excluding hydrogens is 312 g/mol. The number of para-hydroxylation sites is 1. The monoisotopic (exact) mass is 330 g/mol. The van der Waals surface area contributed by atoms with Gasteiger partial charge in [0.1, 0.15) is 6.10 Å². The van der Waals surface area contributed by atoms with Crippen molar-refractivity contribution in [1.82, 2.24) is 19.7 Å². The Morgan fingerprint density at radius 2 is 1.76 bits per heavy atom. The number of hydrogen-bond acceptors (Lipinski definition) is 4. The molecule has 1 unspecified atom stereocenters. The number of aryl methyl sites for hydroxylation is 2. The van der Waals surface area contributed by atoms with E-state index in [9.17, 15) is 5.11 Å². The summed E-state index contributed by atoms with van der Waals surface area (Å²) < 4.78 is 1.83. The van der Waals surface area contributed by atoms with Gasteiger partial charge in [-0.25, -0.2) is 9.67 Å². The second kappa shape index (κ2) is 6.11. The zero-order chi connectivity index (χ0) is 17.4. The summed E-state index contributed by atoms with van der Waals surface area (Å²) >= 11 is 0. The Hall–Kier alpha value is -3.05. The Bertz CT molecular complexity index is 1030. The van der Waals surface area contributed by atoms with Crippen molar-refractivity contribution in [2.45, 2.75) is 20.0 Å². The van der Waals surface area contributed by atoms with Crippen molar-refractivity contribution >= 4 is 11.0 Å². The van der Waals surface area contributed by atoms with Crippen LogP contribution in [0.1, 0.15) is 28.7 Å². The SMILES string of the molecule is Cc1cc(C(O)c2ccccn2)c2c(C)nn(-c3ccccc3)c2n1. The summed E-state index contributed by atoms with van der Waals surface area (Å²) in [6, 6.07) is 17.3. The highest BCUT2D eigenvalue weighted by Crippen LogP contribution is 2.31. The van der Waals surface area contributed by atoms with Gasteiger partial charge in [0.15, 0.2) is 5.65 Å². The lowest BCUT2D eigenvalue weighted by atomic mass is 10.0. The zero-order valence-electron chi connectivity index (χ0n) is 14.1. The fourth-order valence-corrected chi connectivity index (χ4v) is 3.11. The molecule has 0 saturated heterocycles. The highest BCUT2D eigenvalue weighted by Gasteiger charge is 2.21. The molecule has 0 amide bonds. The minimum absolute atomic E-state index is 0.612. The topological polar surface area (TPSA) is 63.8 Å². The van der Waals surface area contributed by atoms with Crippen LogP contribution in [-0.4, -0.2) is 24.9 Å². The third kappa shape index (κ3) is 2.68. The van der Waals surface area contributed by atoms with Crippen LogP contribution in [0.25, 0.3) is 16.7 Å². The summed E-state index contributed by atoms with van der Waals surface area (Å²) in [6.07, 6.45) is 0.863. The Morgan fingerprint density at radius 1 is 1.00 bits per heavy atom. The van der Waals surface area contributed by atoms with Gasteiger partial charge >= 0.3 is 0 Å². The molecule has 4 aromatic rings. The van der Waals surface area contributed by atoms with Gasteiger partial charge in [-0.15, -0.1) is 0 Å². The second-order valence-electron chi connectivity index (χ2n) is 6.04. The second-order valence-corrected chi connectivity index (χ2v) is 6.04. The normalized spacial score (nSPS) is 12.4. The van der Waals surface area contributed by atoms with Gasteiger partial charge in [-0.05, 0) is 44.2 Å². The summed E-state index contributed by atoms with van der Waals surface area (Å²) in [5, 5.41) is 16.4. The first-order valence-electron chi connectivity index (χ1n) is 8.16. The third-order valence-electron chi connectivity index (χ3n) is 4.23. The maximum atomic E-state index is 10.9.